The average Bonchev–Trinajstić information content (AvgIpc) is 2.86. The van der Waals surface area contributed by atoms with E-state index in [1.165, 1.54) is 25.7 Å². The second kappa shape index (κ2) is 11.2. The van der Waals surface area contributed by atoms with E-state index in [0.717, 1.165) is 19.3 Å². The first-order valence-electron chi connectivity index (χ1n) is 8.79. The molecule has 0 aromatic rings. The largest absolute Gasteiger partial charge is 0.299 e. The molecular weight excluding hydrogens is 274 g/mol. The number of rotatable bonds is 11. The molecule has 2 unspecified atom stereocenters. The van der Waals surface area contributed by atoms with E-state index >= 15 is 0 Å². The summed E-state index contributed by atoms with van der Waals surface area (Å²) in [6, 6.07) is 2.05. The Bertz CT molecular complexity index is 420. The van der Waals surface area contributed by atoms with Gasteiger partial charge in [-0.1, -0.05) is 45.1 Å². The van der Waals surface area contributed by atoms with E-state index in [-0.39, 0.29) is 17.6 Å². The molecule has 1 aliphatic carbocycles. The van der Waals surface area contributed by atoms with Crippen molar-refractivity contribution < 1.29 is 9.59 Å². The van der Waals surface area contributed by atoms with Gasteiger partial charge in [-0.25, -0.2) is 0 Å². The van der Waals surface area contributed by atoms with Gasteiger partial charge < -0.3 is 0 Å². The number of hydrogen-bond donors (Lipinski definition) is 0. The highest BCUT2D eigenvalue weighted by Gasteiger charge is 2.32. The lowest BCUT2D eigenvalue weighted by molar-refractivity contribution is -0.121. The molecule has 0 aromatic carbocycles. The van der Waals surface area contributed by atoms with E-state index < -0.39 is 0 Å². The topological polar surface area (TPSA) is 57.9 Å². The minimum absolute atomic E-state index is 0.0799. The molecule has 0 aromatic heterocycles. The van der Waals surface area contributed by atoms with Crippen molar-refractivity contribution in [3.63, 3.8) is 0 Å². The molecule has 1 fully saturated rings. The third kappa shape index (κ3) is 7.02. The lowest BCUT2D eigenvalue weighted by Gasteiger charge is -2.14. The van der Waals surface area contributed by atoms with Crippen LogP contribution in [-0.2, 0) is 9.59 Å². The molecular formula is C19H29NO2. The molecule has 0 N–H and O–H groups in total. The zero-order chi connectivity index (χ0) is 16.2. The van der Waals surface area contributed by atoms with Crippen molar-refractivity contribution in [2.45, 2.75) is 77.6 Å². The SMILES string of the molecule is CCCCCCCC1C(=O)CCC1C=CC(=O)CCCC#N. The molecule has 1 saturated carbocycles. The maximum Gasteiger partial charge on any atom is 0.155 e. The Morgan fingerprint density at radius 2 is 2.05 bits per heavy atom. The summed E-state index contributed by atoms with van der Waals surface area (Å²) in [5.74, 6) is 0.835. The van der Waals surface area contributed by atoms with Gasteiger partial charge in [0, 0.05) is 25.2 Å². The highest BCUT2D eigenvalue weighted by molar-refractivity contribution is 5.90. The van der Waals surface area contributed by atoms with Crippen LogP contribution in [0.5, 0.6) is 0 Å². The van der Waals surface area contributed by atoms with Gasteiger partial charge in [0.15, 0.2) is 5.78 Å². The predicted octanol–water partition coefficient (Wildman–Crippen LogP) is 4.76. The second-order valence-electron chi connectivity index (χ2n) is 6.32. The molecule has 3 nitrogen and oxygen atoms in total. The fourth-order valence-corrected chi connectivity index (χ4v) is 3.16. The molecule has 0 amide bonds. The molecule has 0 saturated heterocycles. The van der Waals surface area contributed by atoms with Crippen LogP contribution in [0.3, 0.4) is 0 Å². The Labute approximate surface area is 134 Å². The summed E-state index contributed by atoms with van der Waals surface area (Å²) < 4.78 is 0. The van der Waals surface area contributed by atoms with Crippen LogP contribution in [0.25, 0.3) is 0 Å². The summed E-state index contributed by atoms with van der Waals surface area (Å²) in [6.45, 7) is 2.20. The van der Waals surface area contributed by atoms with Crippen molar-refractivity contribution in [3.8, 4) is 6.07 Å². The van der Waals surface area contributed by atoms with Crippen molar-refractivity contribution in [1.82, 2.24) is 0 Å². The molecule has 0 bridgehead atoms. The quantitative estimate of drug-likeness (QED) is 0.408. The summed E-state index contributed by atoms with van der Waals surface area (Å²) in [5, 5.41) is 8.47. The van der Waals surface area contributed by atoms with Crippen LogP contribution in [0.1, 0.15) is 77.6 Å². The Kier molecular flexibility index (Phi) is 9.46. The standard InChI is InChI=1S/C19H29NO2/c1-2-3-4-5-6-10-18-16(12-14-19(18)22)11-13-17(21)9-7-8-15-20/h11,13,16,18H,2-10,12,14H2,1H3. The van der Waals surface area contributed by atoms with E-state index in [1.807, 2.05) is 12.1 Å². The Balaban J connectivity index is 2.35. The summed E-state index contributed by atoms with van der Waals surface area (Å²) in [4.78, 5) is 23.7. The zero-order valence-electron chi connectivity index (χ0n) is 13.9. The van der Waals surface area contributed by atoms with Gasteiger partial charge in [-0.2, -0.15) is 5.26 Å². The highest BCUT2D eigenvalue weighted by atomic mass is 16.1. The molecule has 0 aliphatic heterocycles. The molecule has 0 heterocycles. The fraction of sp³-hybridized carbons (Fsp3) is 0.737. The van der Waals surface area contributed by atoms with E-state index in [0.29, 0.717) is 31.5 Å². The number of ketones is 2. The number of carbonyl (C=O) groups is 2. The summed E-state index contributed by atoms with van der Waals surface area (Å²) >= 11 is 0. The normalized spacial score (nSPS) is 21.4. The molecule has 1 aliphatic rings. The number of carbonyl (C=O) groups excluding carboxylic acids is 2. The second-order valence-corrected chi connectivity index (χ2v) is 6.32. The third-order valence-electron chi connectivity index (χ3n) is 4.51. The zero-order valence-corrected chi connectivity index (χ0v) is 13.9. The van der Waals surface area contributed by atoms with Gasteiger partial charge in [-0.05, 0) is 31.3 Å². The Morgan fingerprint density at radius 3 is 2.77 bits per heavy atom. The van der Waals surface area contributed by atoms with Gasteiger partial charge in [-0.15, -0.1) is 0 Å². The third-order valence-corrected chi connectivity index (χ3v) is 4.51. The molecule has 2 atom stereocenters. The number of allylic oxidation sites excluding steroid dienone is 2. The molecule has 22 heavy (non-hydrogen) atoms. The van der Waals surface area contributed by atoms with Gasteiger partial charge in [0.25, 0.3) is 0 Å². The lowest BCUT2D eigenvalue weighted by atomic mass is 9.89. The van der Waals surface area contributed by atoms with Crippen LogP contribution in [0.15, 0.2) is 12.2 Å². The van der Waals surface area contributed by atoms with Crippen molar-refractivity contribution in [1.29, 1.82) is 5.26 Å². The van der Waals surface area contributed by atoms with Crippen LogP contribution in [-0.4, -0.2) is 11.6 Å². The van der Waals surface area contributed by atoms with Gasteiger partial charge in [0.1, 0.15) is 5.78 Å². The molecule has 0 radical (unpaired) electrons. The Morgan fingerprint density at radius 1 is 1.27 bits per heavy atom. The number of unbranched alkanes of at least 4 members (excludes halogenated alkanes) is 5. The van der Waals surface area contributed by atoms with Gasteiger partial charge in [0.2, 0.25) is 0 Å². The van der Waals surface area contributed by atoms with Gasteiger partial charge in [0.05, 0.1) is 6.07 Å². The highest BCUT2D eigenvalue weighted by Crippen LogP contribution is 2.33. The molecule has 1 rings (SSSR count). The summed E-state index contributed by atoms with van der Waals surface area (Å²) in [6.07, 6.45) is 13.7. The average molecular weight is 303 g/mol. The molecule has 3 heteroatoms. The lowest BCUT2D eigenvalue weighted by Crippen LogP contribution is -2.13. The smallest absolute Gasteiger partial charge is 0.155 e. The van der Waals surface area contributed by atoms with Crippen molar-refractivity contribution in [3.05, 3.63) is 12.2 Å². The number of Topliss-reactive ketones (excluding diaryl/α,β-unsaturated/α-hetero) is 1. The Hall–Kier alpha value is -1.43. The van der Waals surface area contributed by atoms with Gasteiger partial charge in [-0.3, -0.25) is 9.59 Å². The number of hydrogen-bond acceptors (Lipinski definition) is 3. The van der Waals surface area contributed by atoms with Crippen LogP contribution in [0.4, 0.5) is 0 Å². The maximum absolute atomic E-state index is 12.0. The predicted molar refractivity (Wildman–Crippen MR) is 88.2 cm³/mol. The van der Waals surface area contributed by atoms with Gasteiger partial charge >= 0.3 is 0 Å². The van der Waals surface area contributed by atoms with Crippen LogP contribution in [0.2, 0.25) is 0 Å². The first-order valence-corrected chi connectivity index (χ1v) is 8.79. The minimum Gasteiger partial charge on any atom is -0.299 e. The van der Waals surface area contributed by atoms with Crippen LogP contribution < -0.4 is 0 Å². The van der Waals surface area contributed by atoms with Crippen molar-refractivity contribution in [2.75, 3.05) is 0 Å². The van der Waals surface area contributed by atoms with Crippen molar-refractivity contribution in [2.24, 2.45) is 11.8 Å². The van der Waals surface area contributed by atoms with Crippen LogP contribution in [0, 0.1) is 23.2 Å². The van der Waals surface area contributed by atoms with Crippen LogP contribution >= 0.6 is 0 Å². The molecule has 0 spiro atoms. The first kappa shape index (κ1) is 18.6. The first-order chi connectivity index (χ1) is 10.7. The fourth-order valence-electron chi connectivity index (χ4n) is 3.16. The minimum atomic E-state index is 0.0799. The van der Waals surface area contributed by atoms with E-state index in [9.17, 15) is 9.59 Å². The number of nitriles is 1. The summed E-state index contributed by atoms with van der Waals surface area (Å²) in [7, 11) is 0. The van der Waals surface area contributed by atoms with E-state index in [4.69, 9.17) is 5.26 Å². The van der Waals surface area contributed by atoms with E-state index in [2.05, 4.69) is 6.92 Å². The number of nitrogens with zero attached hydrogens (tertiary/aromatic N) is 1. The maximum atomic E-state index is 12.0. The van der Waals surface area contributed by atoms with E-state index in [1.54, 1.807) is 6.08 Å². The monoisotopic (exact) mass is 303 g/mol. The summed E-state index contributed by atoms with van der Waals surface area (Å²) in [5.41, 5.74) is 0. The molecule has 122 valence electrons. The van der Waals surface area contributed by atoms with Crippen molar-refractivity contribution >= 4 is 11.6 Å².